The van der Waals surface area contributed by atoms with Gasteiger partial charge in [0.25, 0.3) is 0 Å². The SMILES string of the molecule is CCS(=O)(=O)c1c2ccc(C(F)(F)F)cc2nn1-c1cc2cnn(CC(F)(F)C(F)(F)F)c2cn1. The predicted molar refractivity (Wildman–Crippen MR) is 106 cm³/mol. The number of aromatic nitrogens is 5. The minimum absolute atomic E-state index is 0.0170. The van der Waals surface area contributed by atoms with Crippen molar-refractivity contribution in [1.29, 1.82) is 0 Å². The molecule has 0 fully saturated rings. The maximum atomic E-state index is 13.5. The van der Waals surface area contributed by atoms with Crippen LogP contribution in [-0.2, 0) is 22.6 Å². The van der Waals surface area contributed by atoms with E-state index in [2.05, 4.69) is 15.2 Å². The van der Waals surface area contributed by atoms with Crippen molar-refractivity contribution < 1.29 is 43.5 Å². The first-order chi connectivity index (χ1) is 16.0. The standard InChI is InChI=1S/C19H13F8N5O2S/c1-2-35(33,34)16-12-4-3-11(18(22,23)24)6-13(12)30-32(16)15-5-10-7-29-31(14(10)8-28-15)9-17(20,21)19(25,26)27/h3-8H,2,9H2,1H3. The lowest BCUT2D eigenvalue weighted by Crippen LogP contribution is -2.40. The van der Waals surface area contributed by atoms with E-state index in [1.807, 2.05) is 0 Å². The Morgan fingerprint density at radius 3 is 2.26 bits per heavy atom. The van der Waals surface area contributed by atoms with Gasteiger partial charge in [0.15, 0.2) is 20.7 Å². The van der Waals surface area contributed by atoms with Crippen LogP contribution in [0.25, 0.3) is 27.6 Å². The van der Waals surface area contributed by atoms with E-state index in [1.54, 1.807) is 0 Å². The van der Waals surface area contributed by atoms with Gasteiger partial charge in [-0.3, -0.25) is 4.68 Å². The number of nitrogens with zero attached hydrogens (tertiary/aromatic N) is 5. The largest absolute Gasteiger partial charge is 0.455 e. The first-order valence-corrected chi connectivity index (χ1v) is 11.3. The molecule has 1 aromatic carbocycles. The van der Waals surface area contributed by atoms with E-state index in [0.29, 0.717) is 16.8 Å². The third kappa shape index (κ3) is 4.30. The van der Waals surface area contributed by atoms with E-state index >= 15 is 0 Å². The lowest BCUT2D eigenvalue weighted by atomic mass is 10.1. The number of fused-ring (bicyclic) bond motifs is 2. The van der Waals surface area contributed by atoms with Crippen LogP contribution >= 0.6 is 0 Å². The lowest BCUT2D eigenvalue weighted by molar-refractivity contribution is -0.287. The molecular weight excluding hydrogens is 514 g/mol. The highest BCUT2D eigenvalue weighted by atomic mass is 32.2. The Balaban J connectivity index is 1.87. The molecule has 3 heterocycles. The Bertz CT molecular complexity index is 1540. The van der Waals surface area contributed by atoms with Gasteiger partial charge in [-0.05, 0) is 24.3 Å². The summed E-state index contributed by atoms with van der Waals surface area (Å²) in [5.41, 5.74) is -1.58. The predicted octanol–water partition coefficient (Wildman–Crippen LogP) is 4.78. The fraction of sp³-hybridized carbons (Fsp3) is 0.316. The van der Waals surface area contributed by atoms with Crippen molar-refractivity contribution in [3.8, 4) is 5.82 Å². The molecule has 0 aliphatic rings. The Morgan fingerprint density at radius 1 is 0.971 bits per heavy atom. The van der Waals surface area contributed by atoms with E-state index in [0.717, 1.165) is 29.2 Å². The molecule has 0 N–H and O–H groups in total. The fourth-order valence-corrected chi connectivity index (χ4v) is 4.49. The van der Waals surface area contributed by atoms with Crippen LogP contribution in [0.15, 0.2) is 41.7 Å². The van der Waals surface area contributed by atoms with Crippen molar-refractivity contribution >= 4 is 31.6 Å². The molecule has 0 spiro atoms. The normalized spacial score (nSPS) is 13.7. The van der Waals surface area contributed by atoms with Gasteiger partial charge in [0.05, 0.1) is 34.7 Å². The molecule has 0 amide bonds. The first kappa shape index (κ1) is 24.8. The molecule has 0 bridgehead atoms. The summed E-state index contributed by atoms with van der Waals surface area (Å²) < 4.78 is 131. The molecular formula is C19H13F8N5O2S. The number of alkyl halides is 8. The van der Waals surface area contributed by atoms with E-state index in [1.165, 1.54) is 6.92 Å². The van der Waals surface area contributed by atoms with E-state index in [4.69, 9.17) is 0 Å². The van der Waals surface area contributed by atoms with Crippen molar-refractivity contribution in [3.05, 3.63) is 42.2 Å². The van der Waals surface area contributed by atoms with Gasteiger partial charge in [0.1, 0.15) is 6.54 Å². The van der Waals surface area contributed by atoms with Crippen LogP contribution in [-0.4, -0.2) is 50.8 Å². The molecule has 0 atom stereocenters. The molecule has 0 saturated carbocycles. The number of sulfone groups is 1. The molecule has 4 aromatic rings. The molecule has 188 valence electrons. The monoisotopic (exact) mass is 527 g/mol. The maximum absolute atomic E-state index is 13.5. The lowest BCUT2D eigenvalue weighted by Gasteiger charge is -2.19. The topological polar surface area (TPSA) is 82.7 Å². The zero-order valence-corrected chi connectivity index (χ0v) is 18.2. The van der Waals surface area contributed by atoms with Gasteiger partial charge >= 0.3 is 18.3 Å². The zero-order chi connectivity index (χ0) is 26.0. The molecule has 0 saturated heterocycles. The Morgan fingerprint density at radius 2 is 1.66 bits per heavy atom. The van der Waals surface area contributed by atoms with Gasteiger partial charge < -0.3 is 0 Å². The summed E-state index contributed by atoms with van der Waals surface area (Å²) in [5, 5.41) is 6.93. The number of rotatable bonds is 5. The number of benzene rings is 1. The molecule has 0 aliphatic carbocycles. The second kappa shape index (κ2) is 7.86. The highest BCUT2D eigenvalue weighted by Gasteiger charge is 2.57. The van der Waals surface area contributed by atoms with Gasteiger partial charge in [-0.1, -0.05) is 6.92 Å². The summed E-state index contributed by atoms with van der Waals surface area (Å²) in [7, 11) is -4.06. The molecule has 0 aliphatic heterocycles. The number of pyridine rings is 1. The third-order valence-corrected chi connectivity index (χ3v) is 6.87. The van der Waals surface area contributed by atoms with Gasteiger partial charge in [-0.15, -0.1) is 0 Å². The van der Waals surface area contributed by atoms with Crippen molar-refractivity contribution in [2.75, 3.05) is 5.75 Å². The van der Waals surface area contributed by atoms with E-state index in [-0.39, 0.29) is 27.6 Å². The first-order valence-electron chi connectivity index (χ1n) is 9.64. The fourth-order valence-electron chi connectivity index (χ4n) is 3.31. The average molecular weight is 527 g/mol. The van der Waals surface area contributed by atoms with Gasteiger partial charge in [0.2, 0.25) is 0 Å². The van der Waals surface area contributed by atoms with E-state index in [9.17, 15) is 43.5 Å². The molecule has 0 radical (unpaired) electrons. The van der Waals surface area contributed by atoms with Crippen LogP contribution in [0.5, 0.6) is 0 Å². The summed E-state index contributed by atoms with van der Waals surface area (Å²) in [6.45, 7) is -0.508. The van der Waals surface area contributed by atoms with E-state index < -0.39 is 51.0 Å². The molecule has 4 rings (SSSR count). The Labute approximate surface area is 190 Å². The minimum Gasteiger partial charge on any atom is -0.257 e. The van der Waals surface area contributed by atoms with Crippen molar-refractivity contribution in [1.82, 2.24) is 24.5 Å². The summed E-state index contributed by atoms with van der Waals surface area (Å²) in [5.74, 6) is -5.74. The quantitative estimate of drug-likeness (QED) is 0.349. The van der Waals surface area contributed by atoms with Crippen LogP contribution < -0.4 is 0 Å². The molecule has 0 unspecified atom stereocenters. The smallest absolute Gasteiger partial charge is 0.257 e. The Kier molecular flexibility index (Phi) is 5.57. The van der Waals surface area contributed by atoms with Crippen LogP contribution in [0, 0.1) is 0 Å². The summed E-state index contributed by atoms with van der Waals surface area (Å²) in [6.07, 6.45) is -8.68. The second-order valence-electron chi connectivity index (χ2n) is 7.46. The van der Waals surface area contributed by atoms with Crippen molar-refractivity contribution in [3.63, 3.8) is 0 Å². The maximum Gasteiger partial charge on any atom is 0.455 e. The average Bonchev–Trinajstić information content (AvgIpc) is 3.33. The zero-order valence-electron chi connectivity index (χ0n) is 17.4. The van der Waals surface area contributed by atoms with Crippen LogP contribution in [0.3, 0.4) is 0 Å². The second-order valence-corrected chi connectivity index (χ2v) is 9.65. The minimum atomic E-state index is -5.81. The number of halogens is 8. The van der Waals surface area contributed by atoms with Gasteiger partial charge in [-0.2, -0.15) is 45.3 Å². The van der Waals surface area contributed by atoms with Crippen LogP contribution in [0.1, 0.15) is 12.5 Å². The number of hydrogen-bond acceptors (Lipinski definition) is 5. The van der Waals surface area contributed by atoms with Crippen molar-refractivity contribution in [2.45, 2.75) is 36.8 Å². The third-order valence-electron chi connectivity index (χ3n) is 5.12. The van der Waals surface area contributed by atoms with Crippen LogP contribution in [0.2, 0.25) is 0 Å². The molecule has 7 nitrogen and oxygen atoms in total. The van der Waals surface area contributed by atoms with Crippen LogP contribution in [0.4, 0.5) is 35.1 Å². The summed E-state index contributed by atoms with van der Waals surface area (Å²) in [4.78, 5) is 3.90. The van der Waals surface area contributed by atoms with Gasteiger partial charge in [-0.25, -0.2) is 18.1 Å². The van der Waals surface area contributed by atoms with Gasteiger partial charge in [0, 0.05) is 10.8 Å². The summed E-state index contributed by atoms with van der Waals surface area (Å²) >= 11 is 0. The molecule has 35 heavy (non-hydrogen) atoms. The summed E-state index contributed by atoms with van der Waals surface area (Å²) in [6, 6.07) is 3.44. The Hall–Kier alpha value is -3.30. The molecule has 3 aromatic heterocycles. The number of hydrogen-bond donors (Lipinski definition) is 0. The molecule has 16 heteroatoms. The highest BCUT2D eigenvalue weighted by molar-refractivity contribution is 7.91. The highest BCUT2D eigenvalue weighted by Crippen LogP contribution is 2.37. The van der Waals surface area contributed by atoms with Crippen molar-refractivity contribution in [2.24, 2.45) is 0 Å².